The van der Waals surface area contributed by atoms with Crippen LogP contribution in [0.3, 0.4) is 0 Å². The third-order valence-corrected chi connectivity index (χ3v) is 5.48. The molecule has 1 aromatic carbocycles. The van der Waals surface area contributed by atoms with Gasteiger partial charge in [-0.2, -0.15) is 0 Å². The molecule has 0 radical (unpaired) electrons. The van der Waals surface area contributed by atoms with E-state index in [4.69, 9.17) is 9.26 Å². The van der Waals surface area contributed by atoms with Crippen molar-refractivity contribution in [2.24, 2.45) is 5.92 Å². The Hall–Kier alpha value is -2.71. The fourth-order valence-electron chi connectivity index (χ4n) is 3.79. The van der Waals surface area contributed by atoms with Crippen molar-refractivity contribution < 1.29 is 24.0 Å². The average molecular weight is 385 g/mol. The smallest absolute Gasteiger partial charge is 0.257 e. The van der Waals surface area contributed by atoms with Crippen LogP contribution in [0.25, 0.3) is 11.3 Å². The SMILES string of the molecule is C[C@H]1CN(C(=O)C2(O)CCOC2)C[C@H]1NC(=O)c1conc1-c1ccccc1. The number of aromatic nitrogens is 1. The quantitative estimate of drug-likeness (QED) is 0.816. The summed E-state index contributed by atoms with van der Waals surface area (Å²) in [5, 5.41) is 17.4. The first-order chi connectivity index (χ1) is 13.5. The van der Waals surface area contributed by atoms with Gasteiger partial charge in [0.25, 0.3) is 11.8 Å². The Kier molecular flexibility index (Phi) is 4.91. The topological polar surface area (TPSA) is 105 Å². The standard InChI is InChI=1S/C20H23N3O5/c1-13-9-23(19(25)20(26)7-8-27-12-20)10-16(13)21-18(24)15-11-28-22-17(15)14-5-3-2-4-6-14/h2-6,11,13,16,26H,7-10,12H2,1H3,(H,21,24)/t13-,16+,20?/m0/s1. The molecule has 148 valence electrons. The predicted molar refractivity (Wildman–Crippen MR) is 99.3 cm³/mol. The second kappa shape index (κ2) is 7.37. The van der Waals surface area contributed by atoms with E-state index >= 15 is 0 Å². The fourth-order valence-corrected chi connectivity index (χ4v) is 3.79. The summed E-state index contributed by atoms with van der Waals surface area (Å²) in [4.78, 5) is 27.1. The van der Waals surface area contributed by atoms with Crippen LogP contribution in [-0.2, 0) is 9.53 Å². The number of ether oxygens (including phenoxy) is 1. The van der Waals surface area contributed by atoms with E-state index in [0.29, 0.717) is 37.4 Å². The zero-order valence-electron chi connectivity index (χ0n) is 15.6. The van der Waals surface area contributed by atoms with Crippen LogP contribution in [0.2, 0.25) is 0 Å². The Labute approximate surface area is 162 Å². The van der Waals surface area contributed by atoms with E-state index in [1.54, 1.807) is 4.90 Å². The maximum Gasteiger partial charge on any atom is 0.257 e. The molecule has 2 aliphatic heterocycles. The van der Waals surface area contributed by atoms with Crippen LogP contribution in [0.4, 0.5) is 0 Å². The van der Waals surface area contributed by atoms with Crippen LogP contribution in [0, 0.1) is 5.92 Å². The molecule has 1 unspecified atom stereocenters. The maximum absolute atomic E-state index is 12.8. The zero-order valence-corrected chi connectivity index (χ0v) is 15.6. The van der Waals surface area contributed by atoms with Gasteiger partial charge in [0, 0.05) is 25.1 Å². The molecule has 2 aliphatic rings. The van der Waals surface area contributed by atoms with Crippen LogP contribution < -0.4 is 5.32 Å². The first kappa shape index (κ1) is 18.6. The lowest BCUT2D eigenvalue weighted by atomic mass is 10.0. The van der Waals surface area contributed by atoms with Gasteiger partial charge in [-0.15, -0.1) is 0 Å². The molecular formula is C20H23N3O5. The van der Waals surface area contributed by atoms with E-state index in [1.807, 2.05) is 37.3 Å². The van der Waals surface area contributed by atoms with Gasteiger partial charge in [-0.25, -0.2) is 0 Å². The molecule has 8 heteroatoms. The minimum atomic E-state index is -1.45. The summed E-state index contributed by atoms with van der Waals surface area (Å²) < 4.78 is 10.2. The lowest BCUT2D eigenvalue weighted by Crippen LogP contribution is -2.49. The number of nitrogens with zero attached hydrogens (tertiary/aromatic N) is 2. The molecule has 28 heavy (non-hydrogen) atoms. The molecule has 2 fully saturated rings. The van der Waals surface area contributed by atoms with Crippen molar-refractivity contribution in [2.75, 3.05) is 26.3 Å². The number of hydrogen-bond donors (Lipinski definition) is 2. The van der Waals surface area contributed by atoms with Gasteiger partial charge in [0.05, 0.1) is 19.3 Å². The van der Waals surface area contributed by atoms with E-state index in [2.05, 4.69) is 10.5 Å². The molecule has 3 atom stereocenters. The van der Waals surface area contributed by atoms with Crippen molar-refractivity contribution in [2.45, 2.75) is 25.0 Å². The van der Waals surface area contributed by atoms with E-state index in [-0.39, 0.29) is 30.4 Å². The van der Waals surface area contributed by atoms with Crippen molar-refractivity contribution in [3.63, 3.8) is 0 Å². The fraction of sp³-hybridized carbons (Fsp3) is 0.450. The summed E-state index contributed by atoms with van der Waals surface area (Å²) in [5.41, 5.74) is 0.175. The number of likely N-dealkylation sites (tertiary alicyclic amines) is 1. The number of amides is 2. The molecule has 1 aromatic heterocycles. The number of carbonyl (C=O) groups is 2. The van der Waals surface area contributed by atoms with E-state index in [1.165, 1.54) is 6.26 Å². The molecule has 2 N–H and O–H groups in total. The minimum absolute atomic E-state index is 0.0227. The van der Waals surface area contributed by atoms with Crippen molar-refractivity contribution in [1.82, 2.24) is 15.4 Å². The van der Waals surface area contributed by atoms with Gasteiger partial charge in [-0.1, -0.05) is 42.4 Å². The normalized spacial score (nSPS) is 27.1. The molecule has 8 nitrogen and oxygen atoms in total. The Morgan fingerprint density at radius 3 is 2.79 bits per heavy atom. The number of benzene rings is 1. The molecule has 3 heterocycles. The summed E-state index contributed by atoms with van der Waals surface area (Å²) in [6.45, 7) is 3.19. The van der Waals surface area contributed by atoms with Gasteiger partial charge < -0.3 is 24.6 Å². The van der Waals surface area contributed by atoms with Crippen LogP contribution >= 0.6 is 0 Å². The van der Waals surface area contributed by atoms with Crippen molar-refractivity contribution in [1.29, 1.82) is 0 Å². The highest BCUT2D eigenvalue weighted by Gasteiger charge is 2.46. The van der Waals surface area contributed by atoms with Gasteiger partial charge in [0.1, 0.15) is 17.5 Å². The summed E-state index contributed by atoms with van der Waals surface area (Å²) in [6, 6.07) is 9.12. The number of rotatable bonds is 4. The maximum atomic E-state index is 12.8. The largest absolute Gasteiger partial charge is 0.378 e. The second-order valence-electron chi connectivity index (χ2n) is 7.54. The van der Waals surface area contributed by atoms with Crippen molar-refractivity contribution in [3.8, 4) is 11.3 Å². The molecule has 2 amide bonds. The van der Waals surface area contributed by atoms with Gasteiger partial charge in [-0.05, 0) is 5.92 Å². The highest BCUT2D eigenvalue weighted by Crippen LogP contribution is 2.27. The van der Waals surface area contributed by atoms with Gasteiger partial charge in [-0.3, -0.25) is 9.59 Å². The Bertz CT molecular complexity index is 860. The molecule has 0 aliphatic carbocycles. The highest BCUT2D eigenvalue weighted by molar-refractivity contribution is 5.99. The first-order valence-electron chi connectivity index (χ1n) is 9.38. The number of hydrogen-bond acceptors (Lipinski definition) is 6. The summed E-state index contributed by atoms with van der Waals surface area (Å²) in [7, 11) is 0. The van der Waals surface area contributed by atoms with Crippen LogP contribution in [-0.4, -0.2) is 64.9 Å². The predicted octanol–water partition coefficient (Wildman–Crippen LogP) is 1.07. The van der Waals surface area contributed by atoms with Crippen LogP contribution in [0.1, 0.15) is 23.7 Å². The molecule has 0 spiro atoms. The molecule has 4 rings (SSSR count). The molecule has 2 aromatic rings. The summed E-state index contributed by atoms with van der Waals surface area (Å²) in [6.07, 6.45) is 1.63. The van der Waals surface area contributed by atoms with Crippen LogP contribution in [0.5, 0.6) is 0 Å². The molecular weight excluding hydrogens is 362 g/mol. The van der Waals surface area contributed by atoms with Crippen LogP contribution in [0.15, 0.2) is 41.1 Å². The van der Waals surface area contributed by atoms with Gasteiger partial charge in [0.2, 0.25) is 0 Å². The average Bonchev–Trinajstić information content (AvgIpc) is 3.43. The highest BCUT2D eigenvalue weighted by atomic mass is 16.5. The Balaban J connectivity index is 1.45. The third-order valence-electron chi connectivity index (χ3n) is 5.48. The third kappa shape index (κ3) is 3.41. The summed E-state index contributed by atoms with van der Waals surface area (Å²) >= 11 is 0. The Morgan fingerprint density at radius 1 is 1.29 bits per heavy atom. The summed E-state index contributed by atoms with van der Waals surface area (Å²) in [5.74, 6) is -0.573. The lowest BCUT2D eigenvalue weighted by Gasteiger charge is -2.26. The Morgan fingerprint density at radius 2 is 2.07 bits per heavy atom. The van der Waals surface area contributed by atoms with E-state index in [9.17, 15) is 14.7 Å². The molecule has 0 saturated carbocycles. The zero-order chi connectivity index (χ0) is 19.7. The van der Waals surface area contributed by atoms with E-state index < -0.39 is 5.60 Å². The lowest BCUT2D eigenvalue weighted by molar-refractivity contribution is -0.150. The first-order valence-corrected chi connectivity index (χ1v) is 9.38. The van der Waals surface area contributed by atoms with Crippen molar-refractivity contribution in [3.05, 3.63) is 42.2 Å². The van der Waals surface area contributed by atoms with E-state index in [0.717, 1.165) is 5.56 Å². The van der Waals surface area contributed by atoms with Crippen molar-refractivity contribution >= 4 is 11.8 Å². The molecule has 2 saturated heterocycles. The second-order valence-corrected chi connectivity index (χ2v) is 7.54. The number of aliphatic hydroxyl groups is 1. The number of carbonyl (C=O) groups excluding carboxylic acids is 2. The molecule has 0 bridgehead atoms. The van der Waals surface area contributed by atoms with Gasteiger partial charge >= 0.3 is 0 Å². The van der Waals surface area contributed by atoms with Gasteiger partial charge in [0.15, 0.2) is 5.60 Å². The minimum Gasteiger partial charge on any atom is -0.378 e. The number of nitrogens with one attached hydrogen (secondary N) is 1. The monoisotopic (exact) mass is 385 g/mol.